The van der Waals surface area contributed by atoms with E-state index in [2.05, 4.69) is 15.6 Å². The van der Waals surface area contributed by atoms with Gasteiger partial charge < -0.3 is 15.4 Å². The van der Waals surface area contributed by atoms with Crippen LogP contribution in [0.15, 0.2) is 48.0 Å². The minimum Gasteiger partial charge on any atom is -0.374 e. The van der Waals surface area contributed by atoms with Crippen LogP contribution < -0.4 is 10.6 Å². The summed E-state index contributed by atoms with van der Waals surface area (Å²) in [6.45, 7) is 6.52. The van der Waals surface area contributed by atoms with Gasteiger partial charge in [-0.15, -0.1) is 11.3 Å². The van der Waals surface area contributed by atoms with E-state index in [1.165, 1.54) is 22.7 Å². The van der Waals surface area contributed by atoms with Gasteiger partial charge in [-0.2, -0.15) is 0 Å². The van der Waals surface area contributed by atoms with Crippen molar-refractivity contribution in [2.24, 2.45) is 0 Å². The van der Waals surface area contributed by atoms with Crippen LogP contribution in [-0.4, -0.2) is 28.9 Å². The molecule has 1 aromatic carbocycles. The second-order valence-corrected chi connectivity index (χ2v) is 9.76. The number of anilines is 1. The Balaban J connectivity index is 1.65. The minimum atomic E-state index is -0.591. The molecule has 8 heteroatoms. The quantitative estimate of drug-likeness (QED) is 0.400. The maximum absolute atomic E-state index is 12.9. The Kier molecular flexibility index (Phi) is 8.96. The Morgan fingerprint density at radius 2 is 1.97 bits per heavy atom. The van der Waals surface area contributed by atoms with E-state index in [1.807, 2.05) is 62.5 Å². The molecular formula is C24H29N3O3S2. The number of carbonyl (C=O) groups excluding carboxylic acids is 2. The number of amides is 2. The van der Waals surface area contributed by atoms with E-state index in [0.29, 0.717) is 18.2 Å². The third kappa shape index (κ3) is 6.98. The van der Waals surface area contributed by atoms with E-state index in [9.17, 15) is 9.59 Å². The number of hydrogen-bond donors (Lipinski definition) is 2. The molecule has 0 aliphatic rings. The zero-order valence-electron chi connectivity index (χ0n) is 18.6. The van der Waals surface area contributed by atoms with Gasteiger partial charge in [0, 0.05) is 11.1 Å². The standard InChI is InChI=1S/C24H29N3O3S2/c1-4-8-20(26-22(28)13-18-10-7-12-31-18)23(29)27-24-25-14-21(32-24)19-11-6-5-9-17(19)15-30-16(2)3/h5-7,9-12,14,16,20H,4,8,13,15H2,1-3H3,(H,26,28)(H,25,27,29). The molecule has 0 saturated carbocycles. The molecule has 32 heavy (non-hydrogen) atoms. The van der Waals surface area contributed by atoms with Crippen LogP contribution in [0.4, 0.5) is 5.13 Å². The number of nitrogens with zero attached hydrogens (tertiary/aromatic N) is 1. The normalized spacial score (nSPS) is 12.0. The highest BCUT2D eigenvalue weighted by Gasteiger charge is 2.21. The fraction of sp³-hybridized carbons (Fsp3) is 0.375. The smallest absolute Gasteiger partial charge is 0.248 e. The molecule has 3 aromatic rings. The molecular weight excluding hydrogens is 442 g/mol. The molecule has 2 heterocycles. The fourth-order valence-corrected chi connectivity index (χ4v) is 4.75. The number of rotatable bonds is 11. The molecule has 170 valence electrons. The SMILES string of the molecule is CCCC(NC(=O)Cc1cccs1)C(=O)Nc1ncc(-c2ccccc2COC(C)C)s1. The topological polar surface area (TPSA) is 80.3 Å². The Morgan fingerprint density at radius 1 is 1.16 bits per heavy atom. The Hall–Kier alpha value is -2.55. The van der Waals surface area contributed by atoms with E-state index < -0.39 is 6.04 Å². The van der Waals surface area contributed by atoms with Crippen molar-refractivity contribution in [2.75, 3.05) is 5.32 Å². The molecule has 0 fully saturated rings. The molecule has 0 aliphatic heterocycles. The lowest BCUT2D eigenvalue weighted by atomic mass is 10.1. The van der Waals surface area contributed by atoms with Crippen LogP contribution in [0.1, 0.15) is 44.1 Å². The van der Waals surface area contributed by atoms with Gasteiger partial charge in [-0.1, -0.05) is 55.0 Å². The molecule has 0 spiro atoms. The van der Waals surface area contributed by atoms with Gasteiger partial charge in [-0.3, -0.25) is 9.59 Å². The third-order valence-corrected chi connectivity index (χ3v) is 6.56. The monoisotopic (exact) mass is 471 g/mol. The average molecular weight is 472 g/mol. The van der Waals surface area contributed by atoms with E-state index in [0.717, 1.165) is 27.3 Å². The van der Waals surface area contributed by atoms with E-state index in [4.69, 9.17) is 4.74 Å². The third-order valence-electron chi connectivity index (χ3n) is 4.73. The lowest BCUT2D eigenvalue weighted by molar-refractivity contribution is -0.126. The van der Waals surface area contributed by atoms with Gasteiger partial charge in [0.1, 0.15) is 6.04 Å². The van der Waals surface area contributed by atoms with Gasteiger partial charge in [0.25, 0.3) is 0 Å². The van der Waals surface area contributed by atoms with Gasteiger partial charge in [-0.05, 0) is 42.8 Å². The molecule has 1 atom stereocenters. The van der Waals surface area contributed by atoms with Crippen LogP contribution in [0.2, 0.25) is 0 Å². The molecule has 2 N–H and O–H groups in total. The molecule has 0 bridgehead atoms. The molecule has 3 rings (SSSR count). The lowest BCUT2D eigenvalue weighted by Crippen LogP contribution is -2.44. The van der Waals surface area contributed by atoms with Crippen LogP contribution in [0.25, 0.3) is 10.4 Å². The Bertz CT molecular complexity index is 1020. The summed E-state index contributed by atoms with van der Waals surface area (Å²) in [5.74, 6) is -0.399. The predicted molar refractivity (Wildman–Crippen MR) is 131 cm³/mol. The summed E-state index contributed by atoms with van der Waals surface area (Å²) in [6, 6.07) is 11.3. The summed E-state index contributed by atoms with van der Waals surface area (Å²) >= 11 is 2.94. The zero-order chi connectivity index (χ0) is 22.9. The highest BCUT2D eigenvalue weighted by atomic mass is 32.1. The van der Waals surface area contributed by atoms with Crippen molar-refractivity contribution >= 4 is 39.6 Å². The highest BCUT2D eigenvalue weighted by Crippen LogP contribution is 2.32. The summed E-state index contributed by atoms with van der Waals surface area (Å²) in [4.78, 5) is 31.5. The molecule has 0 radical (unpaired) electrons. The van der Waals surface area contributed by atoms with Crippen molar-refractivity contribution in [2.45, 2.75) is 58.8 Å². The van der Waals surface area contributed by atoms with Crippen molar-refractivity contribution in [1.82, 2.24) is 10.3 Å². The van der Waals surface area contributed by atoms with Crippen LogP contribution in [0.3, 0.4) is 0 Å². The van der Waals surface area contributed by atoms with Crippen molar-refractivity contribution in [1.29, 1.82) is 0 Å². The molecule has 0 aliphatic carbocycles. The number of thiazole rings is 1. The van der Waals surface area contributed by atoms with Crippen molar-refractivity contribution in [3.63, 3.8) is 0 Å². The number of aromatic nitrogens is 1. The number of hydrogen-bond acceptors (Lipinski definition) is 6. The maximum atomic E-state index is 12.9. The predicted octanol–water partition coefficient (Wildman–Crippen LogP) is 5.26. The van der Waals surface area contributed by atoms with Crippen molar-refractivity contribution < 1.29 is 14.3 Å². The van der Waals surface area contributed by atoms with Gasteiger partial charge >= 0.3 is 0 Å². The second kappa shape index (κ2) is 11.9. The summed E-state index contributed by atoms with van der Waals surface area (Å²) < 4.78 is 5.77. The molecule has 0 saturated heterocycles. The Labute approximate surface area is 197 Å². The summed E-state index contributed by atoms with van der Waals surface area (Å²) in [5.41, 5.74) is 2.12. The van der Waals surface area contributed by atoms with E-state index in [1.54, 1.807) is 6.20 Å². The fourth-order valence-electron chi connectivity index (χ4n) is 3.17. The number of carbonyl (C=O) groups is 2. The minimum absolute atomic E-state index is 0.143. The molecule has 6 nitrogen and oxygen atoms in total. The Morgan fingerprint density at radius 3 is 2.69 bits per heavy atom. The first-order chi connectivity index (χ1) is 15.5. The van der Waals surface area contributed by atoms with Crippen LogP contribution in [0, 0.1) is 0 Å². The first-order valence-electron chi connectivity index (χ1n) is 10.7. The first kappa shape index (κ1) is 24.1. The first-order valence-corrected chi connectivity index (χ1v) is 12.4. The summed E-state index contributed by atoms with van der Waals surface area (Å²) in [6.07, 6.45) is 3.53. The van der Waals surface area contributed by atoms with Crippen molar-refractivity contribution in [3.05, 3.63) is 58.4 Å². The van der Waals surface area contributed by atoms with E-state index in [-0.39, 0.29) is 24.3 Å². The average Bonchev–Trinajstić information content (AvgIpc) is 3.44. The number of ether oxygens (including phenoxy) is 1. The summed E-state index contributed by atoms with van der Waals surface area (Å²) in [7, 11) is 0. The van der Waals surface area contributed by atoms with Gasteiger partial charge in [-0.25, -0.2) is 4.98 Å². The molecule has 1 unspecified atom stereocenters. The molecule has 2 amide bonds. The van der Waals surface area contributed by atoms with Gasteiger partial charge in [0.15, 0.2) is 5.13 Å². The second-order valence-electron chi connectivity index (χ2n) is 7.70. The lowest BCUT2D eigenvalue weighted by Gasteiger charge is -2.16. The molecule has 2 aromatic heterocycles. The van der Waals surface area contributed by atoms with Crippen LogP contribution in [-0.2, 0) is 27.4 Å². The summed E-state index contributed by atoms with van der Waals surface area (Å²) in [5, 5.41) is 8.19. The highest BCUT2D eigenvalue weighted by molar-refractivity contribution is 7.19. The van der Waals surface area contributed by atoms with Gasteiger partial charge in [0.2, 0.25) is 11.8 Å². The van der Waals surface area contributed by atoms with E-state index >= 15 is 0 Å². The largest absolute Gasteiger partial charge is 0.374 e. The number of thiophene rings is 1. The maximum Gasteiger partial charge on any atom is 0.248 e. The van der Waals surface area contributed by atoms with Crippen molar-refractivity contribution in [3.8, 4) is 10.4 Å². The van der Waals surface area contributed by atoms with Crippen LogP contribution in [0.5, 0.6) is 0 Å². The van der Waals surface area contributed by atoms with Gasteiger partial charge in [0.05, 0.1) is 24.0 Å². The zero-order valence-corrected chi connectivity index (χ0v) is 20.2. The number of nitrogens with one attached hydrogen (secondary N) is 2. The van der Waals surface area contributed by atoms with Crippen LogP contribution >= 0.6 is 22.7 Å². The number of benzene rings is 1.